The number of rotatable bonds is 6. The molecule has 124 valence electrons. The van der Waals surface area contributed by atoms with Crippen LogP contribution in [-0.2, 0) is 11.2 Å². The van der Waals surface area contributed by atoms with Crippen LogP contribution in [0.1, 0.15) is 17.4 Å². The molecule has 0 radical (unpaired) electrons. The van der Waals surface area contributed by atoms with Crippen LogP contribution in [0.5, 0.6) is 5.75 Å². The lowest BCUT2D eigenvalue weighted by Crippen LogP contribution is -2.14. The molecule has 0 unspecified atom stereocenters. The van der Waals surface area contributed by atoms with E-state index in [1.165, 1.54) is 16.2 Å². The first-order chi connectivity index (χ1) is 11.6. The zero-order chi connectivity index (χ0) is 16.9. The van der Waals surface area contributed by atoms with Gasteiger partial charge in [-0.2, -0.15) is 0 Å². The molecule has 0 atom stereocenters. The van der Waals surface area contributed by atoms with Crippen LogP contribution in [0.25, 0.3) is 10.6 Å². The van der Waals surface area contributed by atoms with Gasteiger partial charge in [0.2, 0.25) is 5.91 Å². The fourth-order valence-electron chi connectivity index (χ4n) is 2.24. The van der Waals surface area contributed by atoms with Crippen molar-refractivity contribution < 1.29 is 9.53 Å². The summed E-state index contributed by atoms with van der Waals surface area (Å²) >= 11 is 3.15. The molecule has 0 aliphatic rings. The summed E-state index contributed by atoms with van der Waals surface area (Å²) in [7, 11) is 0. The Morgan fingerprint density at radius 2 is 2.00 bits per heavy atom. The lowest BCUT2D eigenvalue weighted by Gasteiger charge is -2.05. The van der Waals surface area contributed by atoms with E-state index in [1.54, 1.807) is 11.3 Å². The minimum atomic E-state index is -0.0672. The molecule has 0 saturated heterocycles. The zero-order valence-corrected chi connectivity index (χ0v) is 15.2. The fourth-order valence-corrected chi connectivity index (χ4v) is 3.87. The van der Waals surface area contributed by atoms with Crippen LogP contribution < -0.4 is 10.1 Å². The molecule has 0 aliphatic carbocycles. The predicted molar refractivity (Wildman–Crippen MR) is 100 cm³/mol. The number of carbonyl (C=O) groups excluding carboxylic acids is 1. The quantitative estimate of drug-likeness (QED) is 0.691. The van der Waals surface area contributed by atoms with Crippen LogP contribution in [0.3, 0.4) is 0 Å². The van der Waals surface area contributed by atoms with Crippen LogP contribution in [-0.4, -0.2) is 17.5 Å². The molecule has 1 amide bonds. The largest absolute Gasteiger partial charge is 0.494 e. The van der Waals surface area contributed by atoms with Crippen LogP contribution >= 0.6 is 22.7 Å². The summed E-state index contributed by atoms with van der Waals surface area (Å²) in [5, 5.41) is 5.47. The van der Waals surface area contributed by atoms with Gasteiger partial charge in [-0.1, -0.05) is 12.1 Å². The number of ether oxygens (including phenoxy) is 1. The minimum Gasteiger partial charge on any atom is -0.494 e. The van der Waals surface area contributed by atoms with Gasteiger partial charge in [0.1, 0.15) is 5.75 Å². The van der Waals surface area contributed by atoms with Gasteiger partial charge >= 0.3 is 0 Å². The molecule has 1 N–H and O–H groups in total. The Morgan fingerprint density at radius 1 is 1.21 bits per heavy atom. The van der Waals surface area contributed by atoms with E-state index in [1.807, 2.05) is 36.6 Å². The monoisotopic (exact) mass is 358 g/mol. The van der Waals surface area contributed by atoms with Gasteiger partial charge in [-0.25, -0.2) is 4.98 Å². The van der Waals surface area contributed by atoms with E-state index in [-0.39, 0.29) is 5.91 Å². The molecule has 0 saturated carbocycles. The molecule has 3 rings (SSSR count). The summed E-state index contributed by atoms with van der Waals surface area (Å²) < 4.78 is 5.40. The fraction of sp³-hybridized carbons (Fsp3) is 0.222. The molecule has 6 heteroatoms. The van der Waals surface area contributed by atoms with Crippen molar-refractivity contribution in [1.29, 1.82) is 0 Å². The summed E-state index contributed by atoms with van der Waals surface area (Å²) in [5.74, 6) is 0.750. The second-order valence-corrected chi connectivity index (χ2v) is 7.40. The summed E-state index contributed by atoms with van der Waals surface area (Å²) in [6.07, 6.45) is 0.319. The van der Waals surface area contributed by atoms with Crippen molar-refractivity contribution in [2.24, 2.45) is 0 Å². The molecule has 24 heavy (non-hydrogen) atoms. The lowest BCUT2D eigenvalue weighted by molar-refractivity contribution is -0.115. The van der Waals surface area contributed by atoms with Crippen LogP contribution in [0, 0.1) is 6.92 Å². The molecular formula is C18H18N2O2S2. The van der Waals surface area contributed by atoms with Gasteiger partial charge in [0.25, 0.3) is 0 Å². The number of hydrogen-bond donors (Lipinski definition) is 1. The van der Waals surface area contributed by atoms with E-state index in [2.05, 4.69) is 29.4 Å². The molecule has 0 fully saturated rings. The normalized spacial score (nSPS) is 10.6. The maximum absolute atomic E-state index is 12.2. The van der Waals surface area contributed by atoms with E-state index >= 15 is 0 Å². The topological polar surface area (TPSA) is 51.2 Å². The standard InChI is InChI=1S/C18H18N2O2S2/c1-3-22-14-7-5-13(6-8-14)10-17(21)20-18-19-15(11-23-18)16-9-4-12(2)24-16/h4-9,11H,3,10H2,1-2H3,(H,19,20,21). The van der Waals surface area contributed by atoms with Gasteiger partial charge in [0, 0.05) is 10.3 Å². The molecule has 0 spiro atoms. The number of anilines is 1. The number of thiophene rings is 1. The molecule has 4 nitrogen and oxygen atoms in total. The van der Waals surface area contributed by atoms with Gasteiger partial charge in [-0.3, -0.25) is 4.79 Å². The smallest absolute Gasteiger partial charge is 0.230 e. The van der Waals surface area contributed by atoms with E-state index < -0.39 is 0 Å². The second-order valence-electron chi connectivity index (χ2n) is 5.25. The van der Waals surface area contributed by atoms with Gasteiger partial charge in [-0.15, -0.1) is 22.7 Å². The van der Waals surface area contributed by atoms with Crippen molar-refractivity contribution in [2.45, 2.75) is 20.3 Å². The molecule has 0 aliphatic heterocycles. The van der Waals surface area contributed by atoms with E-state index in [0.29, 0.717) is 18.2 Å². The number of aromatic nitrogens is 1. The second kappa shape index (κ2) is 7.59. The van der Waals surface area contributed by atoms with Crippen molar-refractivity contribution >= 4 is 33.7 Å². The maximum Gasteiger partial charge on any atom is 0.230 e. The highest BCUT2D eigenvalue weighted by molar-refractivity contribution is 7.17. The van der Waals surface area contributed by atoms with E-state index in [4.69, 9.17) is 4.74 Å². The number of nitrogens with one attached hydrogen (secondary N) is 1. The van der Waals surface area contributed by atoms with Crippen molar-refractivity contribution in [3.8, 4) is 16.3 Å². The van der Waals surface area contributed by atoms with Gasteiger partial charge < -0.3 is 10.1 Å². The van der Waals surface area contributed by atoms with Crippen LogP contribution in [0.15, 0.2) is 41.8 Å². The molecule has 3 aromatic rings. The Bertz CT molecular complexity index is 822. The molecule has 1 aromatic carbocycles. The zero-order valence-electron chi connectivity index (χ0n) is 13.5. The Balaban J connectivity index is 1.59. The number of nitrogens with zero attached hydrogens (tertiary/aromatic N) is 1. The molecule has 2 heterocycles. The number of aryl methyl sites for hydroxylation is 1. The average Bonchev–Trinajstić information content (AvgIpc) is 3.18. The summed E-state index contributed by atoms with van der Waals surface area (Å²) in [6.45, 7) is 4.65. The Morgan fingerprint density at radius 3 is 2.67 bits per heavy atom. The Kier molecular flexibility index (Phi) is 5.27. The number of amides is 1. The third-order valence-corrected chi connectivity index (χ3v) is 5.12. The number of carbonyl (C=O) groups is 1. The molecule has 0 bridgehead atoms. The Labute approximate surface area is 149 Å². The number of benzene rings is 1. The SMILES string of the molecule is CCOc1ccc(CC(=O)Nc2nc(-c3ccc(C)s3)cs2)cc1. The molecular weight excluding hydrogens is 340 g/mol. The van der Waals surface area contributed by atoms with Gasteiger partial charge in [0.15, 0.2) is 5.13 Å². The van der Waals surface area contributed by atoms with Crippen LogP contribution in [0.2, 0.25) is 0 Å². The van der Waals surface area contributed by atoms with E-state index in [9.17, 15) is 4.79 Å². The van der Waals surface area contributed by atoms with Crippen molar-refractivity contribution in [2.75, 3.05) is 11.9 Å². The average molecular weight is 358 g/mol. The predicted octanol–water partition coefficient (Wildman–Crippen LogP) is 4.76. The highest BCUT2D eigenvalue weighted by Crippen LogP contribution is 2.30. The summed E-state index contributed by atoms with van der Waals surface area (Å²) in [5.41, 5.74) is 1.86. The first-order valence-corrected chi connectivity index (χ1v) is 9.37. The summed E-state index contributed by atoms with van der Waals surface area (Å²) in [6, 6.07) is 11.7. The third-order valence-electron chi connectivity index (χ3n) is 3.34. The van der Waals surface area contributed by atoms with E-state index in [0.717, 1.165) is 21.9 Å². The van der Waals surface area contributed by atoms with Crippen molar-refractivity contribution in [3.05, 3.63) is 52.2 Å². The first-order valence-electron chi connectivity index (χ1n) is 7.68. The Hall–Kier alpha value is -2.18. The van der Waals surface area contributed by atoms with Crippen molar-refractivity contribution in [1.82, 2.24) is 4.98 Å². The number of hydrogen-bond acceptors (Lipinski definition) is 5. The third kappa shape index (κ3) is 4.21. The summed E-state index contributed by atoms with van der Waals surface area (Å²) in [4.78, 5) is 19.0. The lowest BCUT2D eigenvalue weighted by atomic mass is 10.1. The first kappa shape index (κ1) is 16.7. The van der Waals surface area contributed by atoms with Crippen LogP contribution in [0.4, 0.5) is 5.13 Å². The maximum atomic E-state index is 12.2. The highest BCUT2D eigenvalue weighted by Gasteiger charge is 2.10. The van der Waals surface area contributed by atoms with Gasteiger partial charge in [-0.05, 0) is 43.7 Å². The van der Waals surface area contributed by atoms with Crippen molar-refractivity contribution in [3.63, 3.8) is 0 Å². The van der Waals surface area contributed by atoms with Gasteiger partial charge in [0.05, 0.1) is 23.6 Å². The number of thiazole rings is 1. The minimum absolute atomic E-state index is 0.0672. The highest BCUT2D eigenvalue weighted by atomic mass is 32.1. The molecule has 2 aromatic heterocycles.